The summed E-state index contributed by atoms with van der Waals surface area (Å²) < 4.78 is 0. The van der Waals surface area contributed by atoms with Gasteiger partial charge in [0, 0.05) is 24.5 Å². The topological polar surface area (TPSA) is 75.2 Å². The molecule has 0 unspecified atom stereocenters. The lowest BCUT2D eigenvalue weighted by Gasteiger charge is -2.21. The molecule has 114 valence electrons. The highest BCUT2D eigenvalue weighted by Crippen LogP contribution is 2.30. The average Bonchev–Trinajstić information content (AvgIpc) is 3.24. The Balaban J connectivity index is 1.75. The Labute approximate surface area is 132 Å². The van der Waals surface area contributed by atoms with Gasteiger partial charge in [0.15, 0.2) is 5.13 Å². The number of anilines is 1. The Bertz CT molecular complexity index is 682. The Hall–Kier alpha value is -2.28. The largest absolute Gasteiger partial charge is 0.328 e. The second-order valence-corrected chi connectivity index (χ2v) is 6.06. The van der Waals surface area contributed by atoms with Crippen LogP contribution < -0.4 is 5.32 Å². The molecule has 0 saturated heterocycles. The minimum absolute atomic E-state index is 0.110. The summed E-state index contributed by atoms with van der Waals surface area (Å²) in [5, 5.41) is 4.73. The van der Waals surface area contributed by atoms with Gasteiger partial charge in [-0.25, -0.2) is 4.98 Å². The van der Waals surface area contributed by atoms with E-state index in [4.69, 9.17) is 0 Å². The zero-order valence-corrected chi connectivity index (χ0v) is 13.0. The van der Waals surface area contributed by atoms with Gasteiger partial charge >= 0.3 is 0 Å². The van der Waals surface area contributed by atoms with E-state index >= 15 is 0 Å². The van der Waals surface area contributed by atoms with Crippen LogP contribution in [0.4, 0.5) is 5.13 Å². The fourth-order valence-electron chi connectivity index (χ4n) is 2.15. The van der Waals surface area contributed by atoms with E-state index in [1.54, 1.807) is 11.6 Å². The van der Waals surface area contributed by atoms with E-state index in [1.807, 2.05) is 23.1 Å². The van der Waals surface area contributed by atoms with Gasteiger partial charge in [-0.3, -0.25) is 14.6 Å². The molecule has 2 heterocycles. The van der Waals surface area contributed by atoms with E-state index in [0.29, 0.717) is 17.4 Å². The van der Waals surface area contributed by atoms with Gasteiger partial charge < -0.3 is 10.2 Å². The van der Waals surface area contributed by atoms with Gasteiger partial charge in [-0.15, -0.1) is 11.3 Å². The van der Waals surface area contributed by atoms with Crippen LogP contribution in [0, 0.1) is 0 Å². The summed E-state index contributed by atoms with van der Waals surface area (Å²) >= 11 is 1.26. The van der Waals surface area contributed by atoms with Crippen LogP contribution in [0.3, 0.4) is 0 Å². The van der Waals surface area contributed by atoms with Gasteiger partial charge in [0.05, 0.1) is 12.2 Å². The predicted octanol–water partition coefficient (Wildman–Crippen LogP) is 2.30. The number of carbonyl (C=O) groups is 2. The van der Waals surface area contributed by atoms with Gasteiger partial charge in [-0.05, 0) is 25.0 Å². The van der Waals surface area contributed by atoms with E-state index in [-0.39, 0.29) is 17.9 Å². The van der Waals surface area contributed by atoms with Crippen molar-refractivity contribution < 1.29 is 9.59 Å². The summed E-state index contributed by atoms with van der Waals surface area (Å²) in [4.78, 5) is 34.0. The number of nitrogens with zero attached hydrogens (tertiary/aromatic N) is 3. The van der Waals surface area contributed by atoms with E-state index < -0.39 is 0 Å². The molecule has 1 aliphatic rings. The van der Waals surface area contributed by atoms with Gasteiger partial charge in [0.1, 0.15) is 5.69 Å². The number of hydrogen-bond donors (Lipinski definition) is 1. The number of carbonyl (C=O) groups excluding carboxylic acids is 2. The molecule has 1 saturated carbocycles. The third kappa shape index (κ3) is 3.48. The first kappa shape index (κ1) is 14.6. The quantitative estimate of drug-likeness (QED) is 0.918. The van der Waals surface area contributed by atoms with Gasteiger partial charge in [-0.2, -0.15) is 0 Å². The second kappa shape index (κ2) is 6.23. The monoisotopic (exact) mass is 316 g/mol. The third-order valence-corrected chi connectivity index (χ3v) is 4.07. The minimum atomic E-state index is -0.194. The van der Waals surface area contributed by atoms with Gasteiger partial charge in [-0.1, -0.05) is 6.07 Å². The molecule has 7 heteroatoms. The molecule has 3 rings (SSSR count). The standard InChI is InChI=1S/C15H16N4O2S/c1-10(20)17-15-18-13(9-22-15)14(21)19(12-5-6-12)8-11-4-2-3-7-16-11/h2-4,7,9,12H,5-6,8H2,1H3,(H,17,18,20). The molecule has 0 aliphatic heterocycles. The highest BCUT2D eigenvalue weighted by atomic mass is 32.1. The first-order valence-electron chi connectivity index (χ1n) is 7.07. The molecular formula is C15H16N4O2S. The summed E-state index contributed by atoms with van der Waals surface area (Å²) in [7, 11) is 0. The fraction of sp³-hybridized carbons (Fsp3) is 0.333. The summed E-state index contributed by atoms with van der Waals surface area (Å²) in [6.07, 6.45) is 3.76. The van der Waals surface area contributed by atoms with E-state index in [1.165, 1.54) is 18.3 Å². The first-order chi connectivity index (χ1) is 10.6. The normalized spacial score (nSPS) is 13.7. The van der Waals surface area contributed by atoms with Crippen molar-refractivity contribution >= 4 is 28.3 Å². The van der Waals surface area contributed by atoms with Crippen LogP contribution in [0.15, 0.2) is 29.8 Å². The Morgan fingerprint density at radius 2 is 2.23 bits per heavy atom. The van der Waals surface area contributed by atoms with Crippen molar-refractivity contribution in [3.8, 4) is 0 Å². The molecule has 2 aromatic rings. The number of amides is 2. The lowest BCUT2D eigenvalue weighted by molar-refractivity contribution is -0.114. The molecule has 0 aromatic carbocycles. The summed E-state index contributed by atoms with van der Waals surface area (Å²) in [5.41, 5.74) is 1.23. The smallest absolute Gasteiger partial charge is 0.274 e. The number of hydrogen-bond acceptors (Lipinski definition) is 5. The maximum Gasteiger partial charge on any atom is 0.274 e. The molecule has 2 amide bonds. The molecule has 1 fully saturated rings. The maximum atomic E-state index is 12.7. The van der Waals surface area contributed by atoms with Crippen molar-refractivity contribution in [3.05, 3.63) is 41.2 Å². The number of pyridine rings is 1. The molecule has 0 bridgehead atoms. The van der Waals surface area contributed by atoms with Crippen LogP contribution in [0.25, 0.3) is 0 Å². The molecule has 0 radical (unpaired) electrons. The van der Waals surface area contributed by atoms with Crippen LogP contribution in [0.1, 0.15) is 35.9 Å². The van der Waals surface area contributed by atoms with Gasteiger partial charge in [0.2, 0.25) is 5.91 Å². The van der Waals surface area contributed by atoms with Crippen molar-refractivity contribution in [2.75, 3.05) is 5.32 Å². The predicted molar refractivity (Wildman–Crippen MR) is 83.6 cm³/mol. The molecular weight excluding hydrogens is 300 g/mol. The van der Waals surface area contributed by atoms with Crippen LogP contribution in [-0.2, 0) is 11.3 Å². The average molecular weight is 316 g/mol. The molecule has 1 aliphatic carbocycles. The lowest BCUT2D eigenvalue weighted by Crippen LogP contribution is -2.33. The first-order valence-corrected chi connectivity index (χ1v) is 7.95. The van der Waals surface area contributed by atoms with Crippen molar-refractivity contribution in [1.29, 1.82) is 0 Å². The molecule has 6 nitrogen and oxygen atoms in total. The van der Waals surface area contributed by atoms with Crippen molar-refractivity contribution in [2.45, 2.75) is 32.4 Å². The zero-order valence-electron chi connectivity index (χ0n) is 12.2. The van der Waals surface area contributed by atoms with E-state index in [2.05, 4.69) is 15.3 Å². The highest BCUT2D eigenvalue weighted by molar-refractivity contribution is 7.14. The minimum Gasteiger partial charge on any atom is -0.328 e. The summed E-state index contributed by atoms with van der Waals surface area (Å²) in [6, 6.07) is 5.94. The number of nitrogens with one attached hydrogen (secondary N) is 1. The Kier molecular flexibility index (Phi) is 4.15. The number of rotatable bonds is 5. The number of thiazole rings is 1. The van der Waals surface area contributed by atoms with Crippen LogP contribution >= 0.6 is 11.3 Å². The van der Waals surface area contributed by atoms with Crippen molar-refractivity contribution in [2.24, 2.45) is 0 Å². The SMILES string of the molecule is CC(=O)Nc1nc(C(=O)N(Cc2ccccn2)C2CC2)cs1. The van der Waals surface area contributed by atoms with Crippen molar-refractivity contribution in [3.63, 3.8) is 0 Å². The Morgan fingerprint density at radius 1 is 1.41 bits per heavy atom. The lowest BCUT2D eigenvalue weighted by atomic mass is 10.3. The second-order valence-electron chi connectivity index (χ2n) is 5.20. The molecule has 22 heavy (non-hydrogen) atoms. The van der Waals surface area contributed by atoms with Crippen LogP contribution in [0.5, 0.6) is 0 Å². The third-order valence-electron chi connectivity index (χ3n) is 3.31. The van der Waals surface area contributed by atoms with E-state index in [9.17, 15) is 9.59 Å². The molecule has 0 spiro atoms. The number of aromatic nitrogens is 2. The molecule has 1 N–H and O–H groups in total. The summed E-state index contributed by atoms with van der Waals surface area (Å²) in [6.45, 7) is 1.90. The van der Waals surface area contributed by atoms with E-state index in [0.717, 1.165) is 18.5 Å². The van der Waals surface area contributed by atoms with Crippen molar-refractivity contribution in [1.82, 2.24) is 14.9 Å². The molecule has 0 atom stereocenters. The van der Waals surface area contributed by atoms with Crippen LogP contribution in [-0.4, -0.2) is 32.7 Å². The Morgan fingerprint density at radius 3 is 2.86 bits per heavy atom. The zero-order chi connectivity index (χ0) is 15.5. The molecule has 2 aromatic heterocycles. The van der Waals surface area contributed by atoms with Gasteiger partial charge in [0.25, 0.3) is 5.91 Å². The van der Waals surface area contributed by atoms with Crippen LogP contribution in [0.2, 0.25) is 0 Å². The highest BCUT2D eigenvalue weighted by Gasteiger charge is 2.34. The summed E-state index contributed by atoms with van der Waals surface area (Å²) in [5.74, 6) is -0.304. The maximum absolute atomic E-state index is 12.7. The fourth-order valence-corrected chi connectivity index (χ4v) is 2.88.